The fourth-order valence-corrected chi connectivity index (χ4v) is 3.47. The zero-order chi connectivity index (χ0) is 13.0. The Morgan fingerprint density at radius 1 is 1.47 bits per heavy atom. The van der Waals surface area contributed by atoms with Crippen LogP contribution in [0.4, 0.5) is 5.13 Å². The molecular formula is C13H25ClN4S. The van der Waals surface area contributed by atoms with Crippen molar-refractivity contribution in [1.29, 1.82) is 0 Å². The normalized spacial score (nSPS) is 20.1. The number of hydrogen-bond donors (Lipinski definition) is 1. The highest BCUT2D eigenvalue weighted by Crippen LogP contribution is 2.23. The molecule has 0 saturated carbocycles. The van der Waals surface area contributed by atoms with Crippen LogP contribution in [0.25, 0.3) is 0 Å². The highest BCUT2D eigenvalue weighted by atomic mass is 35.5. The lowest BCUT2D eigenvalue weighted by Crippen LogP contribution is -2.48. The molecule has 4 nitrogen and oxygen atoms in total. The van der Waals surface area contributed by atoms with Gasteiger partial charge in [0, 0.05) is 56.4 Å². The van der Waals surface area contributed by atoms with E-state index in [-0.39, 0.29) is 12.4 Å². The monoisotopic (exact) mass is 304 g/mol. The summed E-state index contributed by atoms with van der Waals surface area (Å²) >= 11 is 1.84. The molecule has 6 heteroatoms. The first-order valence-electron chi connectivity index (χ1n) is 6.88. The lowest BCUT2D eigenvalue weighted by molar-refractivity contribution is 0.201. The summed E-state index contributed by atoms with van der Waals surface area (Å²) in [6.07, 6.45) is 2.05. The minimum atomic E-state index is 0. The average Bonchev–Trinajstić information content (AvgIpc) is 2.79. The van der Waals surface area contributed by atoms with E-state index in [1.807, 2.05) is 17.5 Å². The first kappa shape index (κ1) is 16.7. The van der Waals surface area contributed by atoms with Gasteiger partial charge in [-0.25, -0.2) is 4.98 Å². The Balaban J connectivity index is 0.00000180. The molecule has 1 fully saturated rings. The lowest BCUT2D eigenvalue weighted by atomic mass is 10.2. The van der Waals surface area contributed by atoms with E-state index < -0.39 is 0 Å². The van der Waals surface area contributed by atoms with Crippen molar-refractivity contribution in [2.75, 3.05) is 37.6 Å². The maximum Gasteiger partial charge on any atom is 0.185 e. The number of thiazole rings is 1. The number of aromatic nitrogens is 1. The molecule has 0 aromatic carbocycles. The Morgan fingerprint density at radius 2 is 2.21 bits per heavy atom. The van der Waals surface area contributed by atoms with Crippen molar-refractivity contribution in [1.82, 2.24) is 15.2 Å². The van der Waals surface area contributed by atoms with E-state index in [1.165, 1.54) is 4.88 Å². The van der Waals surface area contributed by atoms with Crippen molar-refractivity contribution in [3.63, 3.8) is 0 Å². The second-order valence-corrected chi connectivity index (χ2v) is 5.97. The molecule has 1 aromatic heterocycles. The summed E-state index contributed by atoms with van der Waals surface area (Å²) < 4.78 is 0. The van der Waals surface area contributed by atoms with Gasteiger partial charge in [0.2, 0.25) is 0 Å². The molecule has 1 saturated heterocycles. The van der Waals surface area contributed by atoms with Crippen molar-refractivity contribution < 1.29 is 0 Å². The fraction of sp³-hybridized carbons (Fsp3) is 0.769. The van der Waals surface area contributed by atoms with Gasteiger partial charge in [0.05, 0.1) is 0 Å². The van der Waals surface area contributed by atoms with Crippen molar-refractivity contribution in [3.05, 3.63) is 11.1 Å². The van der Waals surface area contributed by atoms with Crippen LogP contribution in [-0.2, 0) is 6.54 Å². The molecule has 2 rings (SSSR count). The highest BCUT2D eigenvalue weighted by molar-refractivity contribution is 7.15. The zero-order valence-corrected chi connectivity index (χ0v) is 13.7. The van der Waals surface area contributed by atoms with Crippen molar-refractivity contribution in [3.8, 4) is 0 Å². The molecule has 1 aliphatic heterocycles. The van der Waals surface area contributed by atoms with E-state index in [4.69, 9.17) is 0 Å². The van der Waals surface area contributed by atoms with E-state index >= 15 is 0 Å². The summed E-state index contributed by atoms with van der Waals surface area (Å²) in [5.74, 6) is 0. The van der Waals surface area contributed by atoms with Gasteiger partial charge in [0.25, 0.3) is 0 Å². The second-order valence-electron chi connectivity index (χ2n) is 4.87. The molecule has 1 N–H and O–H groups in total. The van der Waals surface area contributed by atoms with Crippen LogP contribution >= 0.6 is 23.7 Å². The number of hydrogen-bond acceptors (Lipinski definition) is 5. The van der Waals surface area contributed by atoms with Gasteiger partial charge in [-0.15, -0.1) is 23.7 Å². The molecule has 0 amide bonds. The Hall–Kier alpha value is -0.360. The van der Waals surface area contributed by atoms with Crippen LogP contribution < -0.4 is 10.2 Å². The Morgan fingerprint density at radius 3 is 2.84 bits per heavy atom. The molecule has 0 unspecified atom stereocenters. The Bertz CT molecular complexity index is 367. The third-order valence-corrected chi connectivity index (χ3v) is 4.45. The minimum Gasteiger partial charge on any atom is -0.349 e. The summed E-state index contributed by atoms with van der Waals surface area (Å²) in [5.41, 5.74) is 0. The van der Waals surface area contributed by atoms with Crippen LogP contribution in [0.15, 0.2) is 6.20 Å². The van der Waals surface area contributed by atoms with Crippen LogP contribution in [0.3, 0.4) is 0 Å². The fourth-order valence-electron chi connectivity index (χ4n) is 2.39. The number of halogens is 1. The van der Waals surface area contributed by atoms with Crippen molar-refractivity contribution in [2.24, 2.45) is 0 Å². The van der Waals surface area contributed by atoms with Gasteiger partial charge in [-0.2, -0.15) is 0 Å². The number of rotatable bonds is 5. The Kier molecular flexibility index (Phi) is 7.07. The maximum absolute atomic E-state index is 4.54. The summed E-state index contributed by atoms with van der Waals surface area (Å²) in [5, 5.41) is 4.64. The van der Waals surface area contributed by atoms with Gasteiger partial charge in [-0.3, -0.25) is 4.90 Å². The third-order valence-electron chi connectivity index (χ3n) is 3.41. The summed E-state index contributed by atoms with van der Waals surface area (Å²) in [4.78, 5) is 10.8. The third kappa shape index (κ3) is 4.60. The standard InChI is InChI=1S/C13H24N4S.ClH/c1-4-17(5-2)13-15-8-12(18-13)10-16-7-6-14-11(3)9-16;/h8,11,14H,4-7,9-10H2,1-3H3;1H/t11-;/m1./s1. The summed E-state index contributed by atoms with van der Waals surface area (Å²) in [6, 6.07) is 0.605. The van der Waals surface area contributed by atoms with Crippen LogP contribution in [0.2, 0.25) is 0 Å². The van der Waals surface area contributed by atoms with Crippen LogP contribution in [0, 0.1) is 0 Å². The molecule has 0 bridgehead atoms. The summed E-state index contributed by atoms with van der Waals surface area (Å²) in [6.45, 7) is 13.1. The van der Waals surface area contributed by atoms with Crippen molar-refractivity contribution >= 4 is 28.9 Å². The SMILES string of the molecule is CCN(CC)c1ncc(CN2CCN[C@H](C)C2)s1.Cl. The van der Waals surface area contributed by atoms with E-state index in [0.29, 0.717) is 6.04 Å². The topological polar surface area (TPSA) is 31.4 Å². The van der Waals surface area contributed by atoms with Crippen LogP contribution in [-0.4, -0.2) is 48.6 Å². The molecule has 0 radical (unpaired) electrons. The molecule has 110 valence electrons. The predicted octanol–water partition coefficient (Wildman–Crippen LogP) is 2.20. The average molecular weight is 305 g/mol. The Labute approximate surface area is 126 Å². The van der Waals surface area contributed by atoms with Crippen molar-refractivity contribution in [2.45, 2.75) is 33.4 Å². The maximum atomic E-state index is 4.54. The number of nitrogens with one attached hydrogen (secondary N) is 1. The van der Waals surface area contributed by atoms with E-state index in [9.17, 15) is 0 Å². The quantitative estimate of drug-likeness (QED) is 0.904. The number of piperazine rings is 1. The molecule has 19 heavy (non-hydrogen) atoms. The molecule has 1 aliphatic rings. The van der Waals surface area contributed by atoms with Crippen LogP contribution in [0.1, 0.15) is 25.6 Å². The van der Waals surface area contributed by atoms with E-state index in [2.05, 4.69) is 40.9 Å². The molecule has 0 spiro atoms. The molecule has 2 heterocycles. The molecule has 0 aliphatic carbocycles. The number of nitrogens with zero attached hydrogens (tertiary/aromatic N) is 3. The predicted molar refractivity (Wildman–Crippen MR) is 85.7 cm³/mol. The van der Waals surface area contributed by atoms with Gasteiger partial charge in [-0.1, -0.05) is 0 Å². The minimum absolute atomic E-state index is 0. The van der Waals surface area contributed by atoms with E-state index in [0.717, 1.165) is 44.4 Å². The zero-order valence-electron chi connectivity index (χ0n) is 12.1. The van der Waals surface area contributed by atoms with Gasteiger partial charge >= 0.3 is 0 Å². The molecular weight excluding hydrogens is 280 g/mol. The van der Waals surface area contributed by atoms with Gasteiger partial charge in [0.1, 0.15) is 0 Å². The molecule has 1 atom stereocenters. The van der Waals surface area contributed by atoms with Gasteiger partial charge in [-0.05, 0) is 20.8 Å². The number of anilines is 1. The lowest BCUT2D eigenvalue weighted by Gasteiger charge is -2.31. The first-order chi connectivity index (χ1) is 8.72. The first-order valence-corrected chi connectivity index (χ1v) is 7.70. The summed E-state index contributed by atoms with van der Waals surface area (Å²) in [7, 11) is 0. The van der Waals surface area contributed by atoms with Gasteiger partial charge < -0.3 is 10.2 Å². The smallest absolute Gasteiger partial charge is 0.185 e. The second kappa shape index (κ2) is 8.04. The highest BCUT2D eigenvalue weighted by Gasteiger charge is 2.17. The van der Waals surface area contributed by atoms with E-state index in [1.54, 1.807) is 0 Å². The largest absolute Gasteiger partial charge is 0.349 e. The molecule has 1 aromatic rings. The van der Waals surface area contributed by atoms with Crippen LogP contribution in [0.5, 0.6) is 0 Å². The van der Waals surface area contributed by atoms with Gasteiger partial charge in [0.15, 0.2) is 5.13 Å².